The van der Waals surface area contributed by atoms with Crippen LogP contribution in [0.3, 0.4) is 0 Å². The number of hydrogen-bond donors (Lipinski definition) is 0. The van der Waals surface area contributed by atoms with E-state index < -0.39 is 0 Å². The maximum absolute atomic E-state index is 13.2. The molecule has 0 bridgehead atoms. The summed E-state index contributed by atoms with van der Waals surface area (Å²) in [7, 11) is 1.59. The molecule has 9 nitrogen and oxygen atoms in total. The Morgan fingerprint density at radius 2 is 1.91 bits per heavy atom. The van der Waals surface area contributed by atoms with Crippen molar-refractivity contribution in [2.75, 3.05) is 20.3 Å². The molecule has 0 atom stereocenters. The average Bonchev–Trinajstić information content (AvgIpc) is 3.29. The van der Waals surface area contributed by atoms with Crippen molar-refractivity contribution >= 4 is 16.7 Å². The van der Waals surface area contributed by atoms with E-state index >= 15 is 0 Å². The van der Waals surface area contributed by atoms with Crippen LogP contribution >= 0.6 is 0 Å². The van der Waals surface area contributed by atoms with Gasteiger partial charge < -0.3 is 14.2 Å². The van der Waals surface area contributed by atoms with E-state index in [-0.39, 0.29) is 5.56 Å². The summed E-state index contributed by atoms with van der Waals surface area (Å²) in [5.41, 5.74) is 1.89. The molecule has 0 saturated carbocycles. The van der Waals surface area contributed by atoms with Crippen LogP contribution in [0.4, 0.5) is 0 Å². The Labute approximate surface area is 181 Å². The number of ether oxygens (including phenoxy) is 3. The van der Waals surface area contributed by atoms with Gasteiger partial charge in [-0.25, -0.2) is 4.98 Å². The highest BCUT2D eigenvalue weighted by Gasteiger charge is 2.17. The largest absolute Gasteiger partial charge is 0.497 e. The minimum Gasteiger partial charge on any atom is -0.497 e. The van der Waals surface area contributed by atoms with Gasteiger partial charge in [0.1, 0.15) is 19.0 Å². The van der Waals surface area contributed by atoms with Crippen molar-refractivity contribution in [2.24, 2.45) is 0 Å². The van der Waals surface area contributed by atoms with E-state index in [1.165, 1.54) is 6.20 Å². The molecule has 9 heteroatoms. The first-order valence-corrected chi connectivity index (χ1v) is 10.0. The second-order valence-electron chi connectivity index (χ2n) is 7.26. The number of benzene rings is 2. The molecular weight excluding hydrogens is 410 g/mol. The molecule has 0 fully saturated rings. The summed E-state index contributed by atoms with van der Waals surface area (Å²) in [6, 6.07) is 14.7. The standard InChI is InChI=1S/C23H17N5O4/c1-30-16-4-2-3-15(12-16)27-8-7-18-17(22(27)29)13-24-23-25-21(26-28(18)23)14-5-6-19-20(11-14)32-10-9-31-19/h2-8,11-13H,9-10H2,1H3. The fourth-order valence-corrected chi connectivity index (χ4v) is 3.79. The first kappa shape index (κ1) is 18.4. The maximum atomic E-state index is 13.2. The molecule has 0 N–H and O–H groups in total. The Balaban J connectivity index is 1.48. The molecule has 0 amide bonds. The minimum absolute atomic E-state index is 0.207. The van der Waals surface area contributed by atoms with E-state index in [0.717, 1.165) is 5.56 Å². The summed E-state index contributed by atoms with van der Waals surface area (Å²) in [5, 5.41) is 5.04. The van der Waals surface area contributed by atoms with E-state index in [4.69, 9.17) is 14.2 Å². The van der Waals surface area contributed by atoms with Gasteiger partial charge in [-0.2, -0.15) is 9.50 Å². The van der Waals surface area contributed by atoms with Gasteiger partial charge in [-0.1, -0.05) is 6.07 Å². The van der Waals surface area contributed by atoms with Crippen LogP contribution in [0.2, 0.25) is 0 Å². The van der Waals surface area contributed by atoms with Gasteiger partial charge >= 0.3 is 0 Å². The molecule has 1 aliphatic rings. The summed E-state index contributed by atoms with van der Waals surface area (Å²) < 4.78 is 19.6. The van der Waals surface area contributed by atoms with Gasteiger partial charge in [0.25, 0.3) is 11.3 Å². The molecule has 0 saturated heterocycles. The predicted octanol–water partition coefficient (Wildman–Crippen LogP) is 2.88. The van der Waals surface area contributed by atoms with E-state index in [9.17, 15) is 4.79 Å². The lowest BCUT2D eigenvalue weighted by molar-refractivity contribution is 0.171. The van der Waals surface area contributed by atoms with Crippen LogP contribution in [-0.2, 0) is 0 Å². The summed E-state index contributed by atoms with van der Waals surface area (Å²) in [5.74, 6) is 2.92. The van der Waals surface area contributed by atoms with Crippen LogP contribution in [-0.4, -0.2) is 44.5 Å². The topological polar surface area (TPSA) is 92.8 Å². The number of fused-ring (bicyclic) bond motifs is 4. The molecule has 5 aromatic rings. The number of pyridine rings is 1. The van der Waals surface area contributed by atoms with Crippen LogP contribution in [0.15, 0.2) is 65.7 Å². The van der Waals surface area contributed by atoms with Crippen molar-refractivity contribution < 1.29 is 14.2 Å². The van der Waals surface area contributed by atoms with E-state index in [0.29, 0.717) is 58.7 Å². The average molecular weight is 427 g/mol. The molecule has 0 radical (unpaired) electrons. The molecule has 32 heavy (non-hydrogen) atoms. The van der Waals surface area contributed by atoms with Crippen LogP contribution < -0.4 is 19.8 Å². The molecule has 0 spiro atoms. The highest BCUT2D eigenvalue weighted by atomic mass is 16.6. The van der Waals surface area contributed by atoms with Gasteiger partial charge in [0, 0.05) is 24.0 Å². The number of hydrogen-bond acceptors (Lipinski definition) is 7. The zero-order valence-electron chi connectivity index (χ0n) is 17.1. The monoisotopic (exact) mass is 427 g/mol. The summed E-state index contributed by atoms with van der Waals surface area (Å²) >= 11 is 0. The van der Waals surface area contributed by atoms with Crippen LogP contribution in [0.25, 0.3) is 33.8 Å². The third-order valence-corrected chi connectivity index (χ3v) is 5.37. The van der Waals surface area contributed by atoms with Crippen LogP contribution in [0.5, 0.6) is 17.2 Å². The van der Waals surface area contributed by atoms with E-state index in [2.05, 4.69) is 15.1 Å². The van der Waals surface area contributed by atoms with E-state index in [1.807, 2.05) is 42.5 Å². The molecule has 0 unspecified atom stereocenters. The van der Waals surface area contributed by atoms with Crippen molar-refractivity contribution in [1.82, 2.24) is 24.1 Å². The second-order valence-corrected chi connectivity index (χ2v) is 7.26. The molecule has 1 aliphatic heterocycles. The zero-order valence-corrected chi connectivity index (χ0v) is 17.1. The number of rotatable bonds is 3. The highest BCUT2D eigenvalue weighted by Crippen LogP contribution is 2.33. The van der Waals surface area contributed by atoms with Gasteiger partial charge in [-0.05, 0) is 36.4 Å². The van der Waals surface area contributed by atoms with E-state index in [1.54, 1.807) is 28.5 Å². The third-order valence-electron chi connectivity index (χ3n) is 5.37. The van der Waals surface area contributed by atoms with Crippen molar-refractivity contribution in [2.45, 2.75) is 0 Å². The fraction of sp³-hybridized carbons (Fsp3) is 0.130. The Morgan fingerprint density at radius 3 is 2.78 bits per heavy atom. The van der Waals surface area contributed by atoms with Gasteiger partial charge in [0.15, 0.2) is 17.3 Å². The minimum atomic E-state index is -0.207. The summed E-state index contributed by atoms with van der Waals surface area (Å²) in [4.78, 5) is 22.1. The maximum Gasteiger partial charge on any atom is 0.266 e. The molecule has 6 rings (SSSR count). The Kier molecular flexibility index (Phi) is 4.07. The Bertz CT molecular complexity index is 1560. The molecule has 3 aromatic heterocycles. The normalized spacial score (nSPS) is 12.9. The highest BCUT2D eigenvalue weighted by molar-refractivity contribution is 5.79. The van der Waals surface area contributed by atoms with Gasteiger partial charge in [-0.3, -0.25) is 9.36 Å². The van der Waals surface area contributed by atoms with Crippen molar-refractivity contribution in [3.63, 3.8) is 0 Å². The SMILES string of the molecule is COc1cccc(-n2ccc3c(cnc4nc(-c5ccc6c(c5)OCCO6)nn43)c2=O)c1. The lowest BCUT2D eigenvalue weighted by Crippen LogP contribution is -2.18. The van der Waals surface area contributed by atoms with Crippen LogP contribution in [0.1, 0.15) is 0 Å². The van der Waals surface area contributed by atoms with Gasteiger partial charge in [0.2, 0.25) is 0 Å². The number of nitrogens with zero attached hydrogens (tertiary/aromatic N) is 5. The number of methoxy groups -OCH3 is 1. The molecule has 4 heterocycles. The lowest BCUT2D eigenvalue weighted by Gasteiger charge is -2.18. The molecule has 2 aromatic carbocycles. The molecule has 158 valence electrons. The lowest BCUT2D eigenvalue weighted by atomic mass is 10.2. The smallest absolute Gasteiger partial charge is 0.266 e. The Morgan fingerprint density at radius 1 is 1.03 bits per heavy atom. The van der Waals surface area contributed by atoms with Gasteiger partial charge in [0.05, 0.1) is 23.7 Å². The zero-order chi connectivity index (χ0) is 21.7. The molecule has 0 aliphatic carbocycles. The Hall–Kier alpha value is -4.40. The van der Waals surface area contributed by atoms with Crippen molar-refractivity contribution in [3.8, 4) is 34.3 Å². The first-order chi connectivity index (χ1) is 15.7. The van der Waals surface area contributed by atoms with Crippen LogP contribution in [0, 0.1) is 0 Å². The first-order valence-electron chi connectivity index (χ1n) is 10.0. The summed E-state index contributed by atoms with van der Waals surface area (Å²) in [6.45, 7) is 1.03. The molecular formula is C23H17N5O4. The van der Waals surface area contributed by atoms with Gasteiger partial charge in [-0.15, -0.1) is 5.10 Å². The quantitative estimate of drug-likeness (QED) is 0.437. The fourth-order valence-electron chi connectivity index (χ4n) is 3.79. The third kappa shape index (κ3) is 2.86. The second kappa shape index (κ2) is 7.09. The summed E-state index contributed by atoms with van der Waals surface area (Å²) in [6.07, 6.45) is 3.25. The van der Waals surface area contributed by atoms with Crippen molar-refractivity contribution in [3.05, 3.63) is 71.3 Å². The van der Waals surface area contributed by atoms with Crippen molar-refractivity contribution in [1.29, 1.82) is 0 Å². The number of aromatic nitrogens is 5. The predicted molar refractivity (Wildman–Crippen MR) is 117 cm³/mol.